The summed E-state index contributed by atoms with van der Waals surface area (Å²) in [6, 6.07) is 0.599. The lowest BCUT2D eigenvalue weighted by atomic mass is 10.2. The summed E-state index contributed by atoms with van der Waals surface area (Å²) in [6.07, 6.45) is 2.08. The first-order chi connectivity index (χ1) is 6.63. The van der Waals surface area contributed by atoms with E-state index in [0.29, 0.717) is 12.1 Å². The van der Waals surface area contributed by atoms with Crippen LogP contribution >= 0.6 is 0 Å². The third-order valence-corrected chi connectivity index (χ3v) is 2.03. The molecule has 0 aromatic heterocycles. The molecule has 0 aliphatic rings. The monoisotopic (exact) mass is 202 g/mol. The van der Waals surface area contributed by atoms with E-state index in [-0.39, 0.29) is 0 Å². The van der Waals surface area contributed by atoms with Gasteiger partial charge in [0.15, 0.2) is 0 Å². The third kappa shape index (κ3) is 11.8. The van der Waals surface area contributed by atoms with Crippen LogP contribution in [0, 0.1) is 0 Å². The van der Waals surface area contributed by atoms with Crippen LogP contribution in [-0.4, -0.2) is 38.3 Å². The number of nitrogens with two attached hydrogens (primary N) is 2. The average molecular weight is 202 g/mol. The molecule has 0 amide bonds. The van der Waals surface area contributed by atoms with Crippen LogP contribution < -0.4 is 22.1 Å². The molecule has 0 bridgehead atoms. The van der Waals surface area contributed by atoms with Gasteiger partial charge in [-0.1, -0.05) is 0 Å². The molecule has 0 aliphatic heterocycles. The van der Waals surface area contributed by atoms with Crippen LogP contribution in [-0.2, 0) is 0 Å². The van der Waals surface area contributed by atoms with Gasteiger partial charge in [0.25, 0.3) is 0 Å². The molecule has 4 heteroatoms. The molecular formula is C10H26N4. The van der Waals surface area contributed by atoms with Crippen molar-refractivity contribution in [3.05, 3.63) is 0 Å². The summed E-state index contributed by atoms with van der Waals surface area (Å²) in [7, 11) is 0. The van der Waals surface area contributed by atoms with Crippen molar-refractivity contribution in [3.63, 3.8) is 0 Å². The zero-order valence-corrected chi connectivity index (χ0v) is 9.55. The SMILES string of the molecule is CC(N)CCNCCNCCC(C)N. The first-order valence-electron chi connectivity index (χ1n) is 5.55. The number of hydrogen-bond donors (Lipinski definition) is 4. The summed E-state index contributed by atoms with van der Waals surface area (Å²) in [5.74, 6) is 0. The van der Waals surface area contributed by atoms with Crippen molar-refractivity contribution in [2.24, 2.45) is 11.5 Å². The molecule has 0 heterocycles. The van der Waals surface area contributed by atoms with Gasteiger partial charge in [-0.3, -0.25) is 0 Å². The Balaban J connectivity index is 2.92. The van der Waals surface area contributed by atoms with Crippen molar-refractivity contribution >= 4 is 0 Å². The van der Waals surface area contributed by atoms with Crippen molar-refractivity contribution in [1.29, 1.82) is 0 Å². The molecule has 0 fully saturated rings. The Morgan fingerprint density at radius 3 is 1.43 bits per heavy atom. The van der Waals surface area contributed by atoms with Gasteiger partial charge in [0, 0.05) is 25.2 Å². The van der Waals surface area contributed by atoms with Gasteiger partial charge in [0.1, 0.15) is 0 Å². The van der Waals surface area contributed by atoms with Crippen LogP contribution in [0.2, 0.25) is 0 Å². The fourth-order valence-corrected chi connectivity index (χ4v) is 1.09. The van der Waals surface area contributed by atoms with Crippen molar-refractivity contribution in [1.82, 2.24) is 10.6 Å². The van der Waals surface area contributed by atoms with E-state index < -0.39 is 0 Å². The van der Waals surface area contributed by atoms with Gasteiger partial charge in [-0.2, -0.15) is 0 Å². The molecule has 0 spiro atoms. The topological polar surface area (TPSA) is 76.1 Å². The zero-order chi connectivity index (χ0) is 10.8. The molecule has 0 radical (unpaired) electrons. The molecule has 0 aliphatic carbocycles. The summed E-state index contributed by atoms with van der Waals surface area (Å²) in [4.78, 5) is 0. The van der Waals surface area contributed by atoms with E-state index in [0.717, 1.165) is 39.0 Å². The fourth-order valence-electron chi connectivity index (χ4n) is 1.09. The molecule has 2 atom stereocenters. The summed E-state index contributed by atoms with van der Waals surface area (Å²) < 4.78 is 0. The minimum Gasteiger partial charge on any atom is -0.328 e. The van der Waals surface area contributed by atoms with E-state index in [1.807, 2.05) is 13.8 Å². The summed E-state index contributed by atoms with van der Waals surface area (Å²) >= 11 is 0. The van der Waals surface area contributed by atoms with Gasteiger partial charge in [0.2, 0.25) is 0 Å². The molecular weight excluding hydrogens is 176 g/mol. The lowest BCUT2D eigenvalue weighted by molar-refractivity contribution is 0.546. The minimum absolute atomic E-state index is 0.300. The molecule has 0 rings (SSSR count). The molecule has 86 valence electrons. The number of nitrogens with one attached hydrogen (secondary N) is 2. The smallest absolute Gasteiger partial charge is 0.00767 e. The molecule has 0 aromatic carbocycles. The van der Waals surface area contributed by atoms with Gasteiger partial charge < -0.3 is 22.1 Å². The summed E-state index contributed by atoms with van der Waals surface area (Å²) in [5, 5.41) is 6.66. The van der Waals surface area contributed by atoms with Crippen molar-refractivity contribution in [3.8, 4) is 0 Å². The quantitative estimate of drug-likeness (QED) is 0.385. The molecule has 0 aromatic rings. The van der Waals surface area contributed by atoms with E-state index in [1.165, 1.54) is 0 Å². The van der Waals surface area contributed by atoms with Gasteiger partial charge in [0.05, 0.1) is 0 Å². The molecule has 4 nitrogen and oxygen atoms in total. The molecule has 0 saturated heterocycles. The Morgan fingerprint density at radius 2 is 1.14 bits per heavy atom. The van der Waals surface area contributed by atoms with Crippen LogP contribution in [0.25, 0.3) is 0 Å². The molecule has 2 unspecified atom stereocenters. The Bertz CT molecular complexity index is 101. The Labute approximate surface area is 87.8 Å². The average Bonchev–Trinajstić information content (AvgIpc) is 2.08. The maximum atomic E-state index is 5.62. The fraction of sp³-hybridized carbons (Fsp3) is 1.00. The van der Waals surface area contributed by atoms with Crippen molar-refractivity contribution in [2.75, 3.05) is 26.2 Å². The lowest BCUT2D eigenvalue weighted by Gasteiger charge is -2.09. The number of hydrogen-bond acceptors (Lipinski definition) is 4. The lowest BCUT2D eigenvalue weighted by Crippen LogP contribution is -2.32. The van der Waals surface area contributed by atoms with E-state index in [9.17, 15) is 0 Å². The van der Waals surface area contributed by atoms with E-state index in [2.05, 4.69) is 10.6 Å². The van der Waals surface area contributed by atoms with E-state index in [4.69, 9.17) is 11.5 Å². The molecule has 6 N–H and O–H groups in total. The van der Waals surface area contributed by atoms with E-state index in [1.54, 1.807) is 0 Å². The number of rotatable bonds is 9. The van der Waals surface area contributed by atoms with Crippen LogP contribution in [0.4, 0.5) is 0 Å². The second-order valence-corrected chi connectivity index (χ2v) is 4.03. The Morgan fingerprint density at radius 1 is 0.786 bits per heavy atom. The maximum absolute atomic E-state index is 5.62. The van der Waals surface area contributed by atoms with Crippen LogP contribution in [0.3, 0.4) is 0 Å². The van der Waals surface area contributed by atoms with Crippen LogP contribution in [0.1, 0.15) is 26.7 Å². The highest BCUT2D eigenvalue weighted by atomic mass is 14.9. The largest absolute Gasteiger partial charge is 0.328 e. The Kier molecular flexibility index (Phi) is 9.29. The van der Waals surface area contributed by atoms with Gasteiger partial charge >= 0.3 is 0 Å². The second kappa shape index (κ2) is 9.40. The van der Waals surface area contributed by atoms with Gasteiger partial charge in [-0.15, -0.1) is 0 Å². The second-order valence-electron chi connectivity index (χ2n) is 4.03. The summed E-state index contributed by atoms with van der Waals surface area (Å²) in [5.41, 5.74) is 11.2. The van der Waals surface area contributed by atoms with Crippen LogP contribution in [0.5, 0.6) is 0 Å². The zero-order valence-electron chi connectivity index (χ0n) is 9.55. The highest BCUT2D eigenvalue weighted by molar-refractivity contribution is 4.59. The Hall–Kier alpha value is -0.160. The standard InChI is InChI=1S/C10H26N4/c1-9(11)3-5-13-7-8-14-6-4-10(2)12/h9-10,13-14H,3-8,11-12H2,1-2H3. The highest BCUT2D eigenvalue weighted by Gasteiger charge is 1.94. The van der Waals surface area contributed by atoms with Gasteiger partial charge in [-0.05, 0) is 39.8 Å². The maximum Gasteiger partial charge on any atom is 0.00767 e. The molecule has 0 saturated carbocycles. The van der Waals surface area contributed by atoms with Crippen molar-refractivity contribution < 1.29 is 0 Å². The summed E-state index contributed by atoms with van der Waals surface area (Å²) in [6.45, 7) is 8.09. The van der Waals surface area contributed by atoms with Crippen LogP contribution in [0.15, 0.2) is 0 Å². The highest BCUT2D eigenvalue weighted by Crippen LogP contribution is 1.82. The van der Waals surface area contributed by atoms with Crippen molar-refractivity contribution in [2.45, 2.75) is 38.8 Å². The van der Waals surface area contributed by atoms with Gasteiger partial charge in [-0.25, -0.2) is 0 Å². The normalized spacial score (nSPS) is 15.4. The minimum atomic E-state index is 0.300. The van der Waals surface area contributed by atoms with E-state index >= 15 is 0 Å². The first-order valence-corrected chi connectivity index (χ1v) is 5.55. The first kappa shape index (κ1) is 13.8. The predicted molar refractivity (Wildman–Crippen MR) is 62.3 cm³/mol. The predicted octanol–water partition coefficient (Wildman–Crippen LogP) is -0.360. The third-order valence-electron chi connectivity index (χ3n) is 2.03. The molecule has 14 heavy (non-hydrogen) atoms.